The Morgan fingerprint density at radius 2 is 2.06 bits per heavy atom. The standard InChI is InChI=1S/C14H16N4/c1-9(2)11-4-5-12-13(16-8-18(12)7-11)14-15-6-10(3)17-14/h4-9H,1-3H3,(H,15,17). The van der Waals surface area contributed by atoms with Gasteiger partial charge in [0.25, 0.3) is 0 Å². The van der Waals surface area contributed by atoms with Crippen molar-refractivity contribution in [2.24, 2.45) is 0 Å². The number of fused-ring (bicyclic) bond motifs is 1. The lowest BCUT2D eigenvalue weighted by Gasteiger charge is -2.05. The maximum atomic E-state index is 4.45. The largest absolute Gasteiger partial charge is 0.341 e. The molecule has 0 amide bonds. The normalized spacial score (nSPS) is 11.6. The van der Waals surface area contributed by atoms with Crippen LogP contribution in [-0.2, 0) is 0 Å². The number of H-pyrrole nitrogens is 1. The summed E-state index contributed by atoms with van der Waals surface area (Å²) in [6.07, 6.45) is 5.80. The van der Waals surface area contributed by atoms with Crippen LogP contribution >= 0.6 is 0 Å². The molecule has 0 fully saturated rings. The van der Waals surface area contributed by atoms with Gasteiger partial charge in [-0.2, -0.15) is 0 Å². The predicted octanol–water partition coefficient (Wildman–Crippen LogP) is 3.16. The Labute approximate surface area is 106 Å². The first-order valence-corrected chi connectivity index (χ1v) is 6.14. The van der Waals surface area contributed by atoms with Crippen molar-refractivity contribution in [3.8, 4) is 11.5 Å². The van der Waals surface area contributed by atoms with E-state index in [1.54, 1.807) is 0 Å². The second kappa shape index (κ2) is 3.98. The maximum Gasteiger partial charge on any atom is 0.158 e. The Kier molecular flexibility index (Phi) is 2.44. The van der Waals surface area contributed by atoms with E-state index in [2.05, 4.69) is 51.5 Å². The number of nitrogens with zero attached hydrogens (tertiary/aromatic N) is 3. The van der Waals surface area contributed by atoms with Crippen molar-refractivity contribution in [3.63, 3.8) is 0 Å². The number of rotatable bonds is 2. The van der Waals surface area contributed by atoms with Crippen LogP contribution in [0.4, 0.5) is 0 Å². The van der Waals surface area contributed by atoms with Gasteiger partial charge >= 0.3 is 0 Å². The molecule has 18 heavy (non-hydrogen) atoms. The quantitative estimate of drug-likeness (QED) is 0.748. The summed E-state index contributed by atoms with van der Waals surface area (Å²) in [7, 11) is 0. The summed E-state index contributed by atoms with van der Waals surface area (Å²) in [5.41, 5.74) is 4.33. The van der Waals surface area contributed by atoms with E-state index in [1.165, 1.54) is 5.56 Å². The summed E-state index contributed by atoms with van der Waals surface area (Å²) in [6.45, 7) is 6.37. The second-order valence-electron chi connectivity index (χ2n) is 4.92. The number of pyridine rings is 1. The van der Waals surface area contributed by atoms with E-state index in [-0.39, 0.29) is 0 Å². The summed E-state index contributed by atoms with van der Waals surface area (Å²) in [5.74, 6) is 1.35. The molecular formula is C14H16N4. The number of aromatic amines is 1. The average Bonchev–Trinajstić information content (AvgIpc) is 2.93. The van der Waals surface area contributed by atoms with E-state index in [1.807, 2.05) is 19.4 Å². The van der Waals surface area contributed by atoms with Crippen LogP contribution in [0, 0.1) is 6.92 Å². The molecule has 0 bridgehead atoms. The van der Waals surface area contributed by atoms with Crippen LogP contribution in [0.2, 0.25) is 0 Å². The molecule has 0 aliphatic heterocycles. The number of hydrogen-bond acceptors (Lipinski definition) is 2. The fourth-order valence-electron chi connectivity index (χ4n) is 2.07. The van der Waals surface area contributed by atoms with Crippen LogP contribution in [-0.4, -0.2) is 19.4 Å². The molecule has 0 aromatic carbocycles. The molecule has 3 aromatic heterocycles. The van der Waals surface area contributed by atoms with Gasteiger partial charge in [0.1, 0.15) is 12.0 Å². The van der Waals surface area contributed by atoms with Gasteiger partial charge in [-0.3, -0.25) is 0 Å². The third-order valence-corrected chi connectivity index (χ3v) is 3.15. The molecule has 0 aliphatic carbocycles. The van der Waals surface area contributed by atoms with Gasteiger partial charge in [-0.05, 0) is 24.5 Å². The molecule has 0 saturated heterocycles. The molecule has 0 radical (unpaired) electrons. The van der Waals surface area contributed by atoms with E-state index in [0.29, 0.717) is 5.92 Å². The molecule has 0 aliphatic rings. The van der Waals surface area contributed by atoms with Crippen LogP contribution in [0.3, 0.4) is 0 Å². The van der Waals surface area contributed by atoms with Crippen molar-refractivity contribution >= 4 is 5.52 Å². The highest BCUT2D eigenvalue weighted by Gasteiger charge is 2.10. The third-order valence-electron chi connectivity index (χ3n) is 3.15. The van der Waals surface area contributed by atoms with E-state index in [9.17, 15) is 0 Å². The van der Waals surface area contributed by atoms with Gasteiger partial charge < -0.3 is 9.38 Å². The maximum absolute atomic E-state index is 4.45. The monoisotopic (exact) mass is 240 g/mol. The summed E-state index contributed by atoms with van der Waals surface area (Å²) in [4.78, 5) is 12.0. The lowest BCUT2D eigenvalue weighted by Crippen LogP contribution is -1.91. The molecule has 0 unspecified atom stereocenters. The highest BCUT2D eigenvalue weighted by atomic mass is 15.0. The van der Waals surface area contributed by atoms with Crippen molar-refractivity contribution < 1.29 is 0 Å². The fraction of sp³-hybridized carbons (Fsp3) is 0.286. The lowest BCUT2D eigenvalue weighted by atomic mass is 10.1. The van der Waals surface area contributed by atoms with Gasteiger partial charge in [0.05, 0.1) is 5.52 Å². The van der Waals surface area contributed by atoms with Gasteiger partial charge in [-0.25, -0.2) is 9.97 Å². The zero-order chi connectivity index (χ0) is 12.7. The lowest BCUT2D eigenvalue weighted by molar-refractivity contribution is 0.853. The van der Waals surface area contributed by atoms with Crippen LogP contribution < -0.4 is 0 Å². The van der Waals surface area contributed by atoms with E-state index in [0.717, 1.165) is 22.7 Å². The summed E-state index contributed by atoms with van der Waals surface area (Å²) < 4.78 is 2.06. The molecule has 0 saturated carbocycles. The minimum absolute atomic E-state index is 0.520. The van der Waals surface area contributed by atoms with Crippen molar-refractivity contribution in [1.29, 1.82) is 0 Å². The Morgan fingerprint density at radius 1 is 1.22 bits per heavy atom. The molecule has 0 atom stereocenters. The SMILES string of the molecule is Cc1cnc(-c2ncn3cc(C(C)C)ccc23)[nH]1. The second-order valence-corrected chi connectivity index (χ2v) is 4.92. The molecule has 3 aromatic rings. The van der Waals surface area contributed by atoms with E-state index in [4.69, 9.17) is 0 Å². The number of nitrogens with one attached hydrogen (secondary N) is 1. The number of aryl methyl sites for hydroxylation is 1. The minimum atomic E-state index is 0.520. The molecule has 0 spiro atoms. The third kappa shape index (κ3) is 1.70. The van der Waals surface area contributed by atoms with Gasteiger partial charge in [-0.15, -0.1) is 0 Å². The van der Waals surface area contributed by atoms with Crippen molar-refractivity contribution in [1.82, 2.24) is 19.4 Å². The molecule has 3 rings (SSSR count). The van der Waals surface area contributed by atoms with Gasteiger partial charge in [0.15, 0.2) is 5.82 Å². The highest BCUT2D eigenvalue weighted by molar-refractivity contribution is 5.73. The zero-order valence-corrected chi connectivity index (χ0v) is 10.8. The van der Waals surface area contributed by atoms with Gasteiger partial charge in [0, 0.05) is 18.1 Å². The number of imidazole rings is 2. The van der Waals surface area contributed by atoms with Crippen molar-refractivity contribution in [2.45, 2.75) is 26.7 Å². The van der Waals surface area contributed by atoms with E-state index >= 15 is 0 Å². The fourth-order valence-corrected chi connectivity index (χ4v) is 2.07. The van der Waals surface area contributed by atoms with Crippen LogP contribution in [0.15, 0.2) is 30.9 Å². The number of aromatic nitrogens is 4. The molecule has 3 heterocycles. The van der Waals surface area contributed by atoms with E-state index < -0.39 is 0 Å². The molecule has 4 nitrogen and oxygen atoms in total. The summed E-state index contributed by atoms with van der Waals surface area (Å²) >= 11 is 0. The average molecular weight is 240 g/mol. The molecular weight excluding hydrogens is 224 g/mol. The molecule has 4 heteroatoms. The smallest absolute Gasteiger partial charge is 0.158 e. The van der Waals surface area contributed by atoms with Gasteiger partial charge in [0.2, 0.25) is 0 Å². The zero-order valence-electron chi connectivity index (χ0n) is 10.8. The van der Waals surface area contributed by atoms with Crippen LogP contribution in [0.5, 0.6) is 0 Å². The summed E-state index contributed by atoms with van der Waals surface area (Å²) in [5, 5.41) is 0. The van der Waals surface area contributed by atoms with Crippen LogP contribution in [0.25, 0.3) is 17.0 Å². The summed E-state index contributed by atoms with van der Waals surface area (Å²) in [6, 6.07) is 4.26. The molecule has 1 N–H and O–H groups in total. The predicted molar refractivity (Wildman–Crippen MR) is 71.6 cm³/mol. The molecule has 92 valence electrons. The first-order valence-electron chi connectivity index (χ1n) is 6.14. The Bertz CT molecular complexity index is 691. The Hall–Kier alpha value is -2.10. The van der Waals surface area contributed by atoms with Crippen LogP contribution in [0.1, 0.15) is 31.0 Å². The Balaban J connectivity index is 2.15. The first-order chi connectivity index (χ1) is 8.65. The number of hydrogen-bond donors (Lipinski definition) is 1. The minimum Gasteiger partial charge on any atom is -0.341 e. The Morgan fingerprint density at radius 3 is 2.72 bits per heavy atom. The highest BCUT2D eigenvalue weighted by Crippen LogP contribution is 2.22. The topological polar surface area (TPSA) is 46.0 Å². The first kappa shape index (κ1) is 11.0. The van der Waals surface area contributed by atoms with Crippen molar-refractivity contribution in [2.75, 3.05) is 0 Å². The van der Waals surface area contributed by atoms with Gasteiger partial charge in [-0.1, -0.05) is 19.9 Å². The van der Waals surface area contributed by atoms with Crippen molar-refractivity contribution in [3.05, 3.63) is 42.1 Å².